The average Bonchev–Trinajstić information content (AvgIpc) is 2.46. The number of nitrogens with two attached hydrogens (primary N) is 1. The molecule has 0 aliphatic rings. The van der Waals surface area contributed by atoms with Gasteiger partial charge in [0.05, 0.1) is 0 Å². The van der Waals surface area contributed by atoms with Gasteiger partial charge in [0.25, 0.3) is 0 Å². The SMILES string of the molecule is N=C(N)c1ccc(O)c(CCCNc2ccccc2)c1. The minimum Gasteiger partial charge on any atom is -0.508 e. The van der Waals surface area contributed by atoms with Crippen molar-refractivity contribution in [1.82, 2.24) is 0 Å². The van der Waals surface area contributed by atoms with Crippen LogP contribution in [-0.2, 0) is 6.42 Å². The van der Waals surface area contributed by atoms with Gasteiger partial charge in [-0.1, -0.05) is 18.2 Å². The fraction of sp³-hybridized carbons (Fsp3) is 0.188. The monoisotopic (exact) mass is 269 g/mol. The highest BCUT2D eigenvalue weighted by atomic mass is 16.3. The zero-order valence-corrected chi connectivity index (χ0v) is 11.3. The van der Waals surface area contributed by atoms with Crippen LogP contribution in [0.3, 0.4) is 0 Å². The second kappa shape index (κ2) is 6.61. The molecule has 0 aliphatic heterocycles. The van der Waals surface area contributed by atoms with E-state index in [0.717, 1.165) is 30.6 Å². The number of hydrogen-bond donors (Lipinski definition) is 4. The molecule has 4 nitrogen and oxygen atoms in total. The molecule has 2 aromatic rings. The third-order valence-corrected chi connectivity index (χ3v) is 3.12. The van der Waals surface area contributed by atoms with Crippen LogP contribution in [0, 0.1) is 5.41 Å². The maximum Gasteiger partial charge on any atom is 0.122 e. The predicted octanol–water partition coefficient (Wildman–Crippen LogP) is 2.72. The first-order chi connectivity index (χ1) is 9.66. The van der Waals surface area contributed by atoms with Gasteiger partial charge in [-0.25, -0.2) is 0 Å². The number of para-hydroxylation sites is 1. The van der Waals surface area contributed by atoms with Crippen molar-refractivity contribution in [2.75, 3.05) is 11.9 Å². The molecular formula is C16H19N3O. The summed E-state index contributed by atoms with van der Waals surface area (Å²) in [7, 11) is 0. The van der Waals surface area contributed by atoms with Crippen molar-refractivity contribution < 1.29 is 5.11 Å². The van der Waals surface area contributed by atoms with Crippen LogP contribution < -0.4 is 11.1 Å². The largest absolute Gasteiger partial charge is 0.508 e. The lowest BCUT2D eigenvalue weighted by Gasteiger charge is -2.08. The topological polar surface area (TPSA) is 82.1 Å². The first-order valence-electron chi connectivity index (χ1n) is 6.62. The third-order valence-electron chi connectivity index (χ3n) is 3.12. The van der Waals surface area contributed by atoms with Crippen molar-refractivity contribution in [3.8, 4) is 5.75 Å². The maximum atomic E-state index is 9.80. The molecule has 5 N–H and O–H groups in total. The Morgan fingerprint density at radius 3 is 2.60 bits per heavy atom. The second-order valence-corrected chi connectivity index (χ2v) is 4.65. The lowest BCUT2D eigenvalue weighted by atomic mass is 10.0. The summed E-state index contributed by atoms with van der Waals surface area (Å²) in [6.45, 7) is 0.827. The van der Waals surface area contributed by atoms with Crippen molar-refractivity contribution in [2.45, 2.75) is 12.8 Å². The van der Waals surface area contributed by atoms with E-state index in [-0.39, 0.29) is 11.6 Å². The molecule has 0 bridgehead atoms. The molecule has 0 spiro atoms. The lowest BCUT2D eigenvalue weighted by Crippen LogP contribution is -2.11. The van der Waals surface area contributed by atoms with Crippen LogP contribution in [0.2, 0.25) is 0 Å². The van der Waals surface area contributed by atoms with Crippen LogP contribution in [0.25, 0.3) is 0 Å². The molecule has 0 aromatic heterocycles. The molecule has 0 heterocycles. The number of anilines is 1. The number of benzene rings is 2. The number of phenols is 1. The Labute approximate surface area is 118 Å². The summed E-state index contributed by atoms with van der Waals surface area (Å²) < 4.78 is 0. The van der Waals surface area contributed by atoms with E-state index in [2.05, 4.69) is 5.32 Å². The predicted molar refractivity (Wildman–Crippen MR) is 82.4 cm³/mol. The summed E-state index contributed by atoms with van der Waals surface area (Å²) in [5.74, 6) is 0.281. The van der Waals surface area contributed by atoms with Gasteiger partial charge in [0.2, 0.25) is 0 Å². The van der Waals surface area contributed by atoms with E-state index in [9.17, 15) is 5.11 Å². The number of nitrogen functional groups attached to an aromatic ring is 1. The number of aryl methyl sites for hydroxylation is 1. The lowest BCUT2D eigenvalue weighted by molar-refractivity contribution is 0.467. The van der Waals surface area contributed by atoms with Crippen LogP contribution in [-0.4, -0.2) is 17.5 Å². The third kappa shape index (κ3) is 3.75. The van der Waals surface area contributed by atoms with E-state index in [1.807, 2.05) is 30.3 Å². The van der Waals surface area contributed by atoms with Crippen LogP contribution in [0.5, 0.6) is 5.75 Å². The Hall–Kier alpha value is -2.49. The van der Waals surface area contributed by atoms with E-state index in [1.54, 1.807) is 18.2 Å². The summed E-state index contributed by atoms with van der Waals surface area (Å²) >= 11 is 0. The Morgan fingerprint density at radius 2 is 1.90 bits per heavy atom. The Balaban J connectivity index is 1.88. The van der Waals surface area contributed by atoms with Gasteiger partial charge >= 0.3 is 0 Å². The molecule has 2 rings (SSSR count). The Kier molecular flexibility index (Phi) is 4.60. The second-order valence-electron chi connectivity index (χ2n) is 4.65. The molecule has 0 atom stereocenters. The molecule has 0 amide bonds. The highest BCUT2D eigenvalue weighted by molar-refractivity contribution is 5.95. The van der Waals surface area contributed by atoms with E-state index < -0.39 is 0 Å². The van der Waals surface area contributed by atoms with Gasteiger partial charge in [-0.15, -0.1) is 0 Å². The molecule has 0 saturated carbocycles. The molecule has 0 saturated heterocycles. The fourth-order valence-corrected chi connectivity index (χ4v) is 2.02. The van der Waals surface area contributed by atoms with Crippen LogP contribution in [0.4, 0.5) is 5.69 Å². The van der Waals surface area contributed by atoms with Crippen molar-refractivity contribution in [3.05, 3.63) is 59.7 Å². The summed E-state index contributed by atoms with van der Waals surface area (Å²) in [5.41, 5.74) is 8.02. The zero-order chi connectivity index (χ0) is 14.4. The van der Waals surface area contributed by atoms with Gasteiger partial charge in [-0.3, -0.25) is 5.41 Å². The van der Waals surface area contributed by atoms with E-state index >= 15 is 0 Å². The number of nitrogens with one attached hydrogen (secondary N) is 2. The molecule has 4 heteroatoms. The summed E-state index contributed by atoms with van der Waals surface area (Å²) in [6.07, 6.45) is 1.64. The van der Waals surface area contributed by atoms with Gasteiger partial charge in [-0.2, -0.15) is 0 Å². The van der Waals surface area contributed by atoms with Crippen molar-refractivity contribution in [3.63, 3.8) is 0 Å². The smallest absolute Gasteiger partial charge is 0.122 e. The minimum absolute atomic E-state index is 0.0219. The van der Waals surface area contributed by atoms with Crippen LogP contribution in [0.1, 0.15) is 17.5 Å². The van der Waals surface area contributed by atoms with Gasteiger partial charge < -0.3 is 16.2 Å². The number of rotatable bonds is 6. The number of aromatic hydroxyl groups is 1. The highest BCUT2D eigenvalue weighted by Gasteiger charge is 2.04. The average molecular weight is 269 g/mol. The van der Waals surface area contributed by atoms with Gasteiger partial charge in [0.15, 0.2) is 0 Å². The van der Waals surface area contributed by atoms with Crippen LogP contribution >= 0.6 is 0 Å². The summed E-state index contributed by atoms with van der Waals surface area (Å²) in [5, 5.41) is 20.5. The Bertz CT molecular complexity index is 582. The molecule has 0 unspecified atom stereocenters. The van der Waals surface area contributed by atoms with E-state index in [0.29, 0.717) is 5.56 Å². The first-order valence-corrected chi connectivity index (χ1v) is 6.62. The molecule has 0 fully saturated rings. The molecule has 2 aromatic carbocycles. The zero-order valence-electron chi connectivity index (χ0n) is 11.3. The summed E-state index contributed by atoms with van der Waals surface area (Å²) in [4.78, 5) is 0. The fourth-order valence-electron chi connectivity index (χ4n) is 2.02. The number of amidine groups is 1. The molecule has 0 aliphatic carbocycles. The number of hydrogen-bond acceptors (Lipinski definition) is 3. The van der Waals surface area contributed by atoms with Crippen molar-refractivity contribution >= 4 is 11.5 Å². The van der Waals surface area contributed by atoms with Crippen molar-refractivity contribution in [2.24, 2.45) is 5.73 Å². The maximum absolute atomic E-state index is 9.80. The van der Waals surface area contributed by atoms with Gasteiger partial charge in [-0.05, 0) is 48.7 Å². The molecule has 104 valence electrons. The Morgan fingerprint density at radius 1 is 1.15 bits per heavy atom. The normalized spacial score (nSPS) is 10.2. The van der Waals surface area contributed by atoms with Crippen molar-refractivity contribution in [1.29, 1.82) is 5.41 Å². The minimum atomic E-state index is 0.0219. The standard InChI is InChI=1S/C16H19N3O/c17-16(18)13-8-9-15(20)12(11-13)5-4-10-19-14-6-2-1-3-7-14/h1-3,6-9,11,19-20H,4-5,10H2,(H3,17,18). The van der Waals surface area contributed by atoms with Crippen LogP contribution in [0.15, 0.2) is 48.5 Å². The molecule has 0 radical (unpaired) electrons. The summed E-state index contributed by atoms with van der Waals surface area (Å²) in [6, 6.07) is 15.0. The number of phenolic OH excluding ortho intramolecular Hbond substituents is 1. The molecular weight excluding hydrogens is 250 g/mol. The van der Waals surface area contributed by atoms with Gasteiger partial charge in [0, 0.05) is 17.8 Å². The first kappa shape index (κ1) is 13.9. The van der Waals surface area contributed by atoms with E-state index in [4.69, 9.17) is 11.1 Å². The highest BCUT2D eigenvalue weighted by Crippen LogP contribution is 2.20. The van der Waals surface area contributed by atoms with E-state index in [1.165, 1.54) is 0 Å². The van der Waals surface area contributed by atoms with Gasteiger partial charge in [0.1, 0.15) is 11.6 Å². The molecule has 20 heavy (non-hydrogen) atoms. The quantitative estimate of drug-likeness (QED) is 0.370.